The van der Waals surface area contributed by atoms with E-state index < -0.39 is 7.05 Å². The van der Waals surface area contributed by atoms with Crippen LogP contribution >= 0.6 is 0 Å². The zero-order chi connectivity index (χ0) is 18.6. The first-order chi connectivity index (χ1) is 13.0. The van der Waals surface area contributed by atoms with Gasteiger partial charge in [-0.05, 0) is 68.2 Å². The van der Waals surface area contributed by atoms with Crippen LogP contribution in [0.15, 0.2) is 30.3 Å². The van der Waals surface area contributed by atoms with Crippen LogP contribution < -0.4 is 0 Å². The van der Waals surface area contributed by atoms with Gasteiger partial charge >= 0.3 is 7.05 Å². The summed E-state index contributed by atoms with van der Waals surface area (Å²) in [5.74, 6) is 1.85. The summed E-state index contributed by atoms with van der Waals surface area (Å²) in [6.45, 7) is 4.92. The van der Waals surface area contributed by atoms with E-state index in [-0.39, 0.29) is 10.8 Å². The van der Waals surface area contributed by atoms with Crippen LogP contribution in [0.2, 0.25) is 6.82 Å². The Morgan fingerprint density at radius 1 is 1.04 bits per heavy atom. The number of piperazine rings is 1. The van der Waals surface area contributed by atoms with Crippen LogP contribution in [-0.2, 0) is 10.2 Å². The summed E-state index contributed by atoms with van der Waals surface area (Å²) in [6.07, 6.45) is 7.14. The average molecular weight is 366 g/mol. The Bertz CT molecular complexity index is 700. The lowest BCUT2D eigenvalue weighted by molar-refractivity contribution is -0.161. The molecule has 1 aromatic carbocycles. The lowest BCUT2D eigenvalue weighted by Crippen LogP contribution is -2.62. The topological polar surface area (TPSA) is 43.8 Å². The maximum absolute atomic E-state index is 13.7. The van der Waals surface area contributed by atoms with Crippen LogP contribution in [-0.4, -0.2) is 53.9 Å². The van der Waals surface area contributed by atoms with Crippen molar-refractivity contribution in [3.05, 3.63) is 35.9 Å². The van der Waals surface area contributed by atoms with Crippen molar-refractivity contribution in [3.63, 3.8) is 0 Å². The van der Waals surface area contributed by atoms with Gasteiger partial charge in [-0.2, -0.15) is 0 Å². The minimum Gasteiger partial charge on any atom is -0.437 e. The molecule has 6 rings (SSSR count). The van der Waals surface area contributed by atoms with Gasteiger partial charge in [-0.3, -0.25) is 4.79 Å². The van der Waals surface area contributed by atoms with Crippen molar-refractivity contribution < 1.29 is 9.82 Å². The zero-order valence-electron chi connectivity index (χ0n) is 16.4. The van der Waals surface area contributed by atoms with Gasteiger partial charge in [0.25, 0.3) is 0 Å². The molecule has 4 bridgehead atoms. The number of hydrogen-bond acceptors (Lipinski definition) is 3. The third-order valence-corrected chi connectivity index (χ3v) is 8.03. The highest BCUT2D eigenvalue weighted by Gasteiger charge is 2.61. The number of carbonyl (C=O) groups is 1. The van der Waals surface area contributed by atoms with Gasteiger partial charge in [0.15, 0.2) is 0 Å². The maximum Gasteiger partial charge on any atom is 0.376 e. The highest BCUT2D eigenvalue weighted by atomic mass is 16.2. The van der Waals surface area contributed by atoms with Crippen molar-refractivity contribution in [2.45, 2.75) is 50.8 Å². The molecule has 1 saturated heterocycles. The first-order valence-corrected chi connectivity index (χ1v) is 10.8. The summed E-state index contributed by atoms with van der Waals surface area (Å²) in [7, 11) is -0.414. The van der Waals surface area contributed by atoms with E-state index in [1.807, 2.05) is 6.82 Å². The van der Waals surface area contributed by atoms with Crippen molar-refractivity contribution in [1.82, 2.24) is 9.71 Å². The van der Waals surface area contributed by atoms with Gasteiger partial charge in [0.1, 0.15) is 0 Å². The molecule has 4 aliphatic carbocycles. The lowest BCUT2D eigenvalue weighted by Gasteiger charge is -2.62. The number of benzene rings is 1. The second kappa shape index (κ2) is 6.35. The van der Waals surface area contributed by atoms with Gasteiger partial charge in [0, 0.05) is 26.2 Å². The van der Waals surface area contributed by atoms with E-state index in [4.69, 9.17) is 0 Å². The van der Waals surface area contributed by atoms with E-state index in [1.54, 1.807) is 0 Å². The molecule has 2 atom stereocenters. The normalized spacial score (nSPS) is 38.2. The van der Waals surface area contributed by atoms with Crippen molar-refractivity contribution in [2.24, 2.45) is 17.3 Å². The SMILES string of the molecule is CB(O)N1CCN(C(=O)C23CC4CC(C2)CC(c2ccccc2)(C4)C3)CC1. The van der Waals surface area contributed by atoms with Crippen molar-refractivity contribution in [1.29, 1.82) is 0 Å². The van der Waals surface area contributed by atoms with Crippen molar-refractivity contribution >= 4 is 13.0 Å². The molecule has 5 heteroatoms. The third kappa shape index (κ3) is 2.85. The first-order valence-electron chi connectivity index (χ1n) is 10.8. The fourth-order valence-corrected chi connectivity index (χ4v) is 7.28. The van der Waals surface area contributed by atoms with Crippen LogP contribution in [0.25, 0.3) is 0 Å². The number of carbonyl (C=O) groups excluding carboxylic acids is 1. The predicted molar refractivity (Wildman–Crippen MR) is 107 cm³/mol. The van der Waals surface area contributed by atoms with E-state index in [0.717, 1.165) is 45.4 Å². The molecule has 0 spiro atoms. The monoisotopic (exact) mass is 366 g/mol. The molecule has 1 N–H and O–H groups in total. The maximum atomic E-state index is 13.7. The largest absolute Gasteiger partial charge is 0.437 e. The summed E-state index contributed by atoms with van der Waals surface area (Å²) in [5, 5.41) is 9.81. The fourth-order valence-electron chi connectivity index (χ4n) is 7.28. The van der Waals surface area contributed by atoms with Gasteiger partial charge in [0.2, 0.25) is 5.91 Å². The molecule has 1 aliphatic heterocycles. The Kier molecular flexibility index (Phi) is 4.17. The number of rotatable bonds is 3. The fraction of sp³-hybridized carbons (Fsp3) is 0.682. The van der Waals surface area contributed by atoms with Crippen LogP contribution in [0.1, 0.15) is 44.1 Å². The standard InChI is InChI=1S/C22H31BN2O2/c1-23(27)25-9-7-24(8-10-25)20(26)22-14-17-11-18(15-22)13-21(12-17,16-22)19-5-3-2-4-6-19/h2-6,17-18,27H,7-16H2,1H3. The van der Waals surface area contributed by atoms with Crippen LogP contribution in [0.4, 0.5) is 0 Å². The Balaban J connectivity index is 1.40. The second-order valence-corrected chi connectivity index (χ2v) is 9.85. The van der Waals surface area contributed by atoms with Crippen molar-refractivity contribution in [3.8, 4) is 0 Å². The number of hydrogen-bond donors (Lipinski definition) is 1. The Morgan fingerprint density at radius 3 is 2.26 bits per heavy atom. The molecule has 144 valence electrons. The number of amides is 1. The Labute approximate surface area is 163 Å². The Morgan fingerprint density at radius 2 is 1.67 bits per heavy atom. The molecule has 2 unspecified atom stereocenters. The molecular weight excluding hydrogens is 335 g/mol. The zero-order valence-corrected chi connectivity index (χ0v) is 16.4. The average Bonchev–Trinajstić information content (AvgIpc) is 2.67. The lowest BCUT2D eigenvalue weighted by atomic mass is 9.42. The van der Waals surface area contributed by atoms with E-state index in [2.05, 4.69) is 40.0 Å². The van der Waals surface area contributed by atoms with E-state index >= 15 is 0 Å². The highest BCUT2D eigenvalue weighted by molar-refractivity contribution is 6.45. The minimum absolute atomic E-state index is 0.132. The van der Waals surface area contributed by atoms with Gasteiger partial charge in [-0.1, -0.05) is 30.3 Å². The van der Waals surface area contributed by atoms with E-state index in [1.165, 1.54) is 24.8 Å². The van der Waals surface area contributed by atoms with Crippen LogP contribution in [0, 0.1) is 17.3 Å². The summed E-state index contributed by atoms with van der Waals surface area (Å²) in [6, 6.07) is 11.0. The molecule has 1 heterocycles. The van der Waals surface area contributed by atoms with Gasteiger partial charge < -0.3 is 14.7 Å². The quantitative estimate of drug-likeness (QED) is 0.837. The molecule has 4 nitrogen and oxygen atoms in total. The smallest absolute Gasteiger partial charge is 0.376 e. The van der Waals surface area contributed by atoms with Crippen molar-refractivity contribution in [2.75, 3.05) is 26.2 Å². The van der Waals surface area contributed by atoms with Gasteiger partial charge in [-0.25, -0.2) is 0 Å². The number of nitrogens with zero attached hydrogens (tertiary/aromatic N) is 2. The molecule has 5 aliphatic rings. The van der Waals surface area contributed by atoms with Crippen LogP contribution in [0.3, 0.4) is 0 Å². The molecule has 1 amide bonds. The summed E-state index contributed by atoms with van der Waals surface area (Å²) >= 11 is 0. The van der Waals surface area contributed by atoms with Gasteiger partial charge in [0.05, 0.1) is 5.41 Å². The summed E-state index contributed by atoms with van der Waals surface area (Å²) in [5.41, 5.74) is 1.56. The van der Waals surface area contributed by atoms with Crippen LogP contribution in [0.5, 0.6) is 0 Å². The first kappa shape index (κ1) is 17.8. The van der Waals surface area contributed by atoms with Gasteiger partial charge in [-0.15, -0.1) is 0 Å². The third-order valence-electron chi connectivity index (χ3n) is 8.03. The van der Waals surface area contributed by atoms with E-state index in [9.17, 15) is 9.82 Å². The Hall–Kier alpha value is -1.33. The molecular formula is C22H31BN2O2. The predicted octanol–water partition coefficient (Wildman–Crippen LogP) is 2.78. The highest BCUT2D eigenvalue weighted by Crippen LogP contribution is 2.66. The molecule has 0 radical (unpaired) electrons. The summed E-state index contributed by atoms with van der Waals surface area (Å²) < 4.78 is 0. The second-order valence-electron chi connectivity index (χ2n) is 9.85. The molecule has 27 heavy (non-hydrogen) atoms. The molecule has 5 fully saturated rings. The molecule has 1 aromatic rings. The minimum atomic E-state index is -0.414. The van der Waals surface area contributed by atoms with E-state index in [0.29, 0.717) is 17.7 Å². The summed E-state index contributed by atoms with van der Waals surface area (Å²) in [4.78, 5) is 17.9. The molecule has 0 aromatic heterocycles. The molecule has 4 saturated carbocycles.